The highest BCUT2D eigenvalue weighted by Crippen LogP contribution is 2.26. The van der Waals surface area contributed by atoms with Gasteiger partial charge in [-0.25, -0.2) is 0 Å². The minimum atomic E-state index is 0.443. The summed E-state index contributed by atoms with van der Waals surface area (Å²) in [5.41, 5.74) is 0.443. The van der Waals surface area contributed by atoms with E-state index in [1.54, 1.807) is 0 Å². The van der Waals surface area contributed by atoms with Crippen LogP contribution >= 0.6 is 0 Å². The number of nitrogens with zero attached hydrogens (tertiary/aromatic N) is 2. The second-order valence-corrected chi connectivity index (χ2v) is 6.88. The molecule has 0 radical (unpaired) electrons. The number of hydrogen-bond acceptors (Lipinski definition) is 3. The zero-order valence-corrected chi connectivity index (χ0v) is 12.7. The van der Waals surface area contributed by atoms with Crippen LogP contribution in [0.15, 0.2) is 0 Å². The average Bonchev–Trinajstić information content (AvgIpc) is 3.16. The van der Waals surface area contributed by atoms with Crippen molar-refractivity contribution in [2.75, 3.05) is 39.8 Å². The molecule has 0 aromatic heterocycles. The highest BCUT2D eigenvalue weighted by atomic mass is 15.3. The third-order valence-electron chi connectivity index (χ3n) is 4.90. The molecule has 0 spiro atoms. The molecule has 3 nitrogen and oxygen atoms in total. The molecule has 1 saturated carbocycles. The summed E-state index contributed by atoms with van der Waals surface area (Å²) in [6.07, 6.45) is 4.06. The van der Waals surface area contributed by atoms with Crippen LogP contribution in [0.1, 0.15) is 40.0 Å². The van der Waals surface area contributed by atoms with Crippen LogP contribution in [0.25, 0.3) is 0 Å². The Morgan fingerprint density at radius 2 is 2.00 bits per heavy atom. The SMILES string of the molecule is CCC(C)(CNC1CC1)CN1CCN(C)C(C)C1. The Hall–Kier alpha value is -0.120. The van der Waals surface area contributed by atoms with Crippen LogP contribution in [0.4, 0.5) is 0 Å². The standard InChI is InChI=1S/C15H31N3/c1-5-15(3,11-16-14-6-7-14)12-18-9-8-17(4)13(2)10-18/h13-14,16H,5-12H2,1-4H3. The molecule has 0 amide bonds. The Morgan fingerprint density at radius 1 is 1.28 bits per heavy atom. The van der Waals surface area contributed by atoms with Crippen molar-refractivity contribution in [3.05, 3.63) is 0 Å². The van der Waals surface area contributed by atoms with Gasteiger partial charge in [0.1, 0.15) is 0 Å². The van der Waals surface area contributed by atoms with Gasteiger partial charge in [0.05, 0.1) is 0 Å². The van der Waals surface area contributed by atoms with E-state index in [1.165, 1.54) is 52.0 Å². The van der Waals surface area contributed by atoms with Gasteiger partial charge in [0.25, 0.3) is 0 Å². The van der Waals surface area contributed by atoms with E-state index in [0.29, 0.717) is 11.5 Å². The van der Waals surface area contributed by atoms with E-state index in [-0.39, 0.29) is 0 Å². The van der Waals surface area contributed by atoms with Gasteiger partial charge < -0.3 is 10.2 Å². The van der Waals surface area contributed by atoms with Gasteiger partial charge >= 0.3 is 0 Å². The molecular weight excluding hydrogens is 222 g/mol. The van der Waals surface area contributed by atoms with E-state index in [0.717, 1.165) is 6.04 Å². The van der Waals surface area contributed by atoms with E-state index in [4.69, 9.17) is 0 Å². The normalized spacial score (nSPS) is 30.3. The largest absolute Gasteiger partial charge is 0.313 e. The molecule has 0 bridgehead atoms. The first-order chi connectivity index (χ1) is 8.52. The second-order valence-electron chi connectivity index (χ2n) is 6.88. The maximum Gasteiger partial charge on any atom is 0.0192 e. The summed E-state index contributed by atoms with van der Waals surface area (Å²) in [7, 11) is 2.25. The Morgan fingerprint density at radius 3 is 2.56 bits per heavy atom. The minimum absolute atomic E-state index is 0.443. The van der Waals surface area contributed by atoms with Gasteiger partial charge in [-0.2, -0.15) is 0 Å². The van der Waals surface area contributed by atoms with Gasteiger partial charge in [-0.3, -0.25) is 4.90 Å². The molecule has 1 saturated heterocycles. The molecule has 1 aliphatic heterocycles. The summed E-state index contributed by atoms with van der Waals surface area (Å²) in [5, 5.41) is 3.72. The zero-order chi connectivity index (χ0) is 13.2. The van der Waals surface area contributed by atoms with Gasteiger partial charge in [0.15, 0.2) is 0 Å². The van der Waals surface area contributed by atoms with Gasteiger partial charge in [0.2, 0.25) is 0 Å². The van der Waals surface area contributed by atoms with Crippen molar-refractivity contribution in [1.82, 2.24) is 15.1 Å². The summed E-state index contributed by atoms with van der Waals surface area (Å²) < 4.78 is 0. The van der Waals surface area contributed by atoms with Crippen molar-refractivity contribution >= 4 is 0 Å². The lowest BCUT2D eigenvalue weighted by Gasteiger charge is -2.42. The fourth-order valence-electron chi connectivity index (χ4n) is 2.78. The van der Waals surface area contributed by atoms with E-state index in [2.05, 4.69) is 42.9 Å². The Balaban J connectivity index is 1.80. The predicted octanol–water partition coefficient (Wildman–Crippen LogP) is 1.79. The van der Waals surface area contributed by atoms with Gasteiger partial charge in [0, 0.05) is 44.8 Å². The molecule has 2 rings (SSSR count). The van der Waals surface area contributed by atoms with E-state index < -0.39 is 0 Å². The molecule has 2 aliphatic rings. The number of piperazine rings is 1. The van der Waals surface area contributed by atoms with E-state index in [1.807, 2.05) is 0 Å². The summed E-state index contributed by atoms with van der Waals surface area (Å²) in [5.74, 6) is 0. The monoisotopic (exact) mass is 253 g/mol. The topological polar surface area (TPSA) is 18.5 Å². The van der Waals surface area contributed by atoms with E-state index >= 15 is 0 Å². The lowest BCUT2D eigenvalue weighted by Crippen LogP contribution is -2.53. The highest BCUT2D eigenvalue weighted by molar-refractivity contribution is 4.88. The van der Waals surface area contributed by atoms with Gasteiger partial charge in [-0.05, 0) is 38.6 Å². The average molecular weight is 253 g/mol. The molecular formula is C15H31N3. The maximum absolute atomic E-state index is 3.72. The van der Waals surface area contributed by atoms with Crippen LogP contribution < -0.4 is 5.32 Å². The van der Waals surface area contributed by atoms with Crippen LogP contribution in [-0.2, 0) is 0 Å². The number of likely N-dealkylation sites (N-methyl/N-ethyl adjacent to an activating group) is 1. The van der Waals surface area contributed by atoms with Crippen molar-refractivity contribution in [2.45, 2.75) is 52.1 Å². The molecule has 1 N–H and O–H groups in total. The van der Waals surface area contributed by atoms with Crippen LogP contribution in [0.2, 0.25) is 0 Å². The molecule has 2 fully saturated rings. The van der Waals surface area contributed by atoms with Gasteiger partial charge in [-0.15, -0.1) is 0 Å². The Kier molecular flexibility index (Phi) is 4.68. The maximum atomic E-state index is 3.72. The molecule has 0 aromatic carbocycles. The van der Waals surface area contributed by atoms with Gasteiger partial charge in [-0.1, -0.05) is 13.8 Å². The molecule has 0 aromatic rings. The number of rotatable bonds is 6. The Bertz CT molecular complexity index is 264. The summed E-state index contributed by atoms with van der Waals surface area (Å²) >= 11 is 0. The number of hydrogen-bond donors (Lipinski definition) is 1. The van der Waals surface area contributed by atoms with Crippen molar-refractivity contribution in [1.29, 1.82) is 0 Å². The summed E-state index contributed by atoms with van der Waals surface area (Å²) in [6.45, 7) is 13.3. The summed E-state index contributed by atoms with van der Waals surface area (Å²) in [6, 6.07) is 1.54. The molecule has 3 heteroatoms. The molecule has 1 heterocycles. The molecule has 2 unspecified atom stereocenters. The van der Waals surface area contributed by atoms with E-state index in [9.17, 15) is 0 Å². The first-order valence-corrected chi connectivity index (χ1v) is 7.68. The van der Waals surface area contributed by atoms with Crippen LogP contribution in [-0.4, -0.2) is 61.7 Å². The fourth-order valence-corrected chi connectivity index (χ4v) is 2.78. The second kappa shape index (κ2) is 5.89. The summed E-state index contributed by atoms with van der Waals surface area (Å²) in [4.78, 5) is 5.14. The number of nitrogens with one attached hydrogen (secondary N) is 1. The first-order valence-electron chi connectivity index (χ1n) is 7.68. The minimum Gasteiger partial charge on any atom is -0.313 e. The fraction of sp³-hybridized carbons (Fsp3) is 1.00. The van der Waals surface area contributed by atoms with Crippen molar-refractivity contribution in [2.24, 2.45) is 5.41 Å². The van der Waals surface area contributed by atoms with Crippen molar-refractivity contribution in [3.63, 3.8) is 0 Å². The smallest absolute Gasteiger partial charge is 0.0192 e. The van der Waals surface area contributed by atoms with Crippen LogP contribution in [0.5, 0.6) is 0 Å². The van der Waals surface area contributed by atoms with Crippen LogP contribution in [0.3, 0.4) is 0 Å². The molecule has 18 heavy (non-hydrogen) atoms. The van der Waals surface area contributed by atoms with Crippen molar-refractivity contribution in [3.8, 4) is 0 Å². The lowest BCUT2D eigenvalue weighted by molar-refractivity contribution is 0.0678. The third kappa shape index (κ3) is 3.94. The Labute approximate surface area is 113 Å². The lowest BCUT2D eigenvalue weighted by atomic mass is 9.86. The van der Waals surface area contributed by atoms with Crippen LogP contribution in [0, 0.1) is 5.41 Å². The first kappa shape index (κ1) is 14.3. The quantitative estimate of drug-likeness (QED) is 0.778. The third-order valence-corrected chi connectivity index (χ3v) is 4.90. The van der Waals surface area contributed by atoms with Crippen molar-refractivity contribution < 1.29 is 0 Å². The molecule has 106 valence electrons. The molecule has 1 aliphatic carbocycles. The predicted molar refractivity (Wildman–Crippen MR) is 78.0 cm³/mol. The molecule has 2 atom stereocenters. The zero-order valence-electron chi connectivity index (χ0n) is 12.7. The highest BCUT2D eigenvalue weighted by Gasteiger charge is 2.31.